The summed E-state index contributed by atoms with van der Waals surface area (Å²) >= 11 is 2.49. The Morgan fingerprint density at radius 3 is 2.69 bits per heavy atom. The summed E-state index contributed by atoms with van der Waals surface area (Å²) in [6.45, 7) is 1.87. The minimum Gasteiger partial charge on any atom is -0.395 e. The zero-order chi connectivity index (χ0) is 19.2. The summed E-state index contributed by atoms with van der Waals surface area (Å²) in [5, 5.41) is 12.0. The molecule has 1 fully saturated rings. The van der Waals surface area contributed by atoms with Gasteiger partial charge in [-0.3, -0.25) is 0 Å². The van der Waals surface area contributed by atoms with E-state index >= 15 is 0 Å². The van der Waals surface area contributed by atoms with Crippen molar-refractivity contribution in [2.75, 3.05) is 35.7 Å². The predicted molar refractivity (Wildman–Crippen MR) is 101 cm³/mol. The van der Waals surface area contributed by atoms with E-state index in [-0.39, 0.29) is 25.2 Å². The maximum atomic E-state index is 12.7. The molecule has 1 heterocycles. The highest BCUT2D eigenvalue weighted by atomic mass is 32.2. The highest BCUT2D eigenvalue weighted by Crippen LogP contribution is 2.33. The number of aryl methyl sites for hydroxylation is 1. The van der Waals surface area contributed by atoms with E-state index in [1.54, 1.807) is 23.1 Å². The lowest BCUT2D eigenvalue weighted by molar-refractivity contribution is -0.105. The number of rotatable bonds is 6. The highest BCUT2D eigenvalue weighted by molar-refractivity contribution is 7.99. The number of thioether (sulfide) groups is 2. The van der Waals surface area contributed by atoms with E-state index in [1.807, 2.05) is 18.7 Å². The van der Waals surface area contributed by atoms with Crippen molar-refractivity contribution in [3.8, 4) is 0 Å². The summed E-state index contributed by atoms with van der Waals surface area (Å²) in [6, 6.07) is 4.65. The van der Waals surface area contributed by atoms with Crippen molar-refractivity contribution >= 4 is 35.2 Å². The molecule has 1 aliphatic rings. The fourth-order valence-corrected chi connectivity index (χ4v) is 4.60. The van der Waals surface area contributed by atoms with Crippen LogP contribution < -0.4 is 5.32 Å². The van der Waals surface area contributed by atoms with Crippen LogP contribution >= 0.6 is 23.5 Å². The van der Waals surface area contributed by atoms with Crippen LogP contribution in [0.25, 0.3) is 0 Å². The first-order chi connectivity index (χ1) is 12.3. The van der Waals surface area contributed by atoms with Crippen molar-refractivity contribution in [2.24, 2.45) is 0 Å². The molecule has 1 saturated heterocycles. The van der Waals surface area contributed by atoms with Crippen LogP contribution in [0.1, 0.15) is 18.4 Å². The Morgan fingerprint density at radius 2 is 2.08 bits per heavy atom. The molecule has 0 atom stereocenters. The molecule has 1 aromatic rings. The topological polar surface area (TPSA) is 52.6 Å². The first kappa shape index (κ1) is 21.2. The number of urea groups is 1. The van der Waals surface area contributed by atoms with Crippen LogP contribution in [0.3, 0.4) is 0 Å². The van der Waals surface area contributed by atoms with Gasteiger partial charge in [0.15, 0.2) is 0 Å². The minimum atomic E-state index is -4.28. The van der Waals surface area contributed by atoms with Gasteiger partial charge in [-0.1, -0.05) is 6.07 Å². The van der Waals surface area contributed by atoms with E-state index in [9.17, 15) is 23.1 Å². The van der Waals surface area contributed by atoms with E-state index in [0.29, 0.717) is 22.3 Å². The van der Waals surface area contributed by atoms with Crippen LogP contribution in [0.4, 0.5) is 23.7 Å². The van der Waals surface area contributed by atoms with E-state index in [2.05, 4.69) is 5.32 Å². The van der Waals surface area contributed by atoms with Gasteiger partial charge in [0, 0.05) is 17.5 Å². The summed E-state index contributed by atoms with van der Waals surface area (Å²) in [4.78, 5) is 14.7. The van der Waals surface area contributed by atoms with Crippen LogP contribution in [-0.4, -0.2) is 58.7 Å². The van der Waals surface area contributed by atoms with Crippen molar-refractivity contribution < 1.29 is 23.1 Å². The summed E-state index contributed by atoms with van der Waals surface area (Å²) in [5.74, 6) is 0.896. The minimum absolute atomic E-state index is 0.0412. The highest BCUT2D eigenvalue weighted by Gasteiger charge is 2.29. The molecule has 2 rings (SSSR count). The quantitative estimate of drug-likeness (QED) is 0.687. The van der Waals surface area contributed by atoms with Crippen LogP contribution in [0.5, 0.6) is 0 Å². The van der Waals surface area contributed by atoms with E-state index < -0.39 is 11.9 Å². The number of alkyl halides is 3. The number of halogens is 3. The second kappa shape index (κ2) is 9.75. The van der Waals surface area contributed by atoms with Gasteiger partial charge in [-0.25, -0.2) is 4.79 Å². The van der Waals surface area contributed by atoms with Gasteiger partial charge in [0.25, 0.3) is 0 Å². The standard InChI is InChI=1S/C17H23F3N2O2S2/c1-12-2-3-15(26-11-17(18,19)20)14(10-12)21-16(24)22(6-7-23)13-4-8-25-9-5-13/h2-3,10,13,23H,4-9,11H2,1H3,(H,21,24). The smallest absolute Gasteiger partial charge is 0.395 e. The average molecular weight is 409 g/mol. The Labute approximate surface area is 159 Å². The van der Waals surface area contributed by atoms with Gasteiger partial charge >= 0.3 is 12.2 Å². The molecule has 0 aromatic heterocycles. The number of nitrogens with one attached hydrogen (secondary N) is 1. The Hall–Kier alpha value is -1.06. The molecule has 2 amide bonds. The van der Waals surface area contributed by atoms with E-state index in [1.165, 1.54) is 0 Å². The lowest BCUT2D eigenvalue weighted by Gasteiger charge is -2.34. The molecular formula is C17H23F3N2O2S2. The molecule has 0 radical (unpaired) electrons. The zero-order valence-electron chi connectivity index (χ0n) is 14.5. The number of carbonyl (C=O) groups excluding carboxylic acids is 1. The summed E-state index contributed by atoms with van der Waals surface area (Å²) in [7, 11) is 0. The molecule has 2 N–H and O–H groups in total. The monoisotopic (exact) mass is 408 g/mol. The first-order valence-electron chi connectivity index (χ1n) is 8.36. The van der Waals surface area contributed by atoms with E-state index in [4.69, 9.17) is 0 Å². The predicted octanol–water partition coefficient (Wildman–Crippen LogP) is 4.37. The maximum absolute atomic E-state index is 12.7. The largest absolute Gasteiger partial charge is 0.398 e. The fraction of sp³-hybridized carbons (Fsp3) is 0.588. The molecule has 0 saturated carbocycles. The van der Waals surface area contributed by atoms with Gasteiger partial charge < -0.3 is 15.3 Å². The molecular weight excluding hydrogens is 385 g/mol. The molecule has 0 aliphatic carbocycles. The molecule has 9 heteroatoms. The Bertz CT molecular complexity index is 608. The third-order valence-electron chi connectivity index (χ3n) is 4.00. The summed E-state index contributed by atoms with van der Waals surface area (Å²) in [6.07, 6.45) is -2.58. The molecule has 0 unspecified atom stereocenters. The second-order valence-corrected chi connectivity index (χ2v) is 8.34. The van der Waals surface area contributed by atoms with Crippen LogP contribution in [0, 0.1) is 6.92 Å². The fourth-order valence-electron chi connectivity index (χ4n) is 2.77. The molecule has 0 bridgehead atoms. The zero-order valence-corrected chi connectivity index (χ0v) is 16.1. The second-order valence-electron chi connectivity index (χ2n) is 6.09. The summed E-state index contributed by atoms with van der Waals surface area (Å²) in [5.41, 5.74) is 1.22. The van der Waals surface area contributed by atoms with Crippen LogP contribution in [0.15, 0.2) is 23.1 Å². The Balaban J connectivity index is 2.13. The third-order valence-corrected chi connectivity index (χ3v) is 6.19. The van der Waals surface area contributed by atoms with Gasteiger partial charge in [0.2, 0.25) is 0 Å². The van der Waals surface area contributed by atoms with Gasteiger partial charge in [0.1, 0.15) is 0 Å². The molecule has 1 aromatic carbocycles. The van der Waals surface area contributed by atoms with Gasteiger partial charge in [-0.05, 0) is 49.0 Å². The number of aliphatic hydroxyl groups is 1. The Morgan fingerprint density at radius 1 is 1.38 bits per heavy atom. The first-order valence-corrected chi connectivity index (χ1v) is 10.5. The molecule has 4 nitrogen and oxygen atoms in total. The Kier molecular flexibility index (Phi) is 7.97. The number of anilines is 1. The number of amides is 2. The van der Waals surface area contributed by atoms with Gasteiger partial charge in [0.05, 0.1) is 18.0 Å². The molecule has 146 valence electrons. The normalized spacial score (nSPS) is 15.7. The van der Waals surface area contributed by atoms with Crippen molar-refractivity contribution in [1.82, 2.24) is 4.90 Å². The van der Waals surface area contributed by atoms with Crippen molar-refractivity contribution in [3.63, 3.8) is 0 Å². The molecule has 0 spiro atoms. The van der Waals surface area contributed by atoms with Crippen molar-refractivity contribution in [3.05, 3.63) is 23.8 Å². The number of nitrogens with zero attached hydrogens (tertiary/aromatic N) is 1. The van der Waals surface area contributed by atoms with E-state index in [0.717, 1.165) is 29.9 Å². The SMILES string of the molecule is Cc1ccc(SCC(F)(F)F)c(NC(=O)N(CCO)C2CCSCC2)c1. The number of hydrogen-bond acceptors (Lipinski definition) is 4. The lowest BCUT2D eigenvalue weighted by Crippen LogP contribution is -2.46. The van der Waals surface area contributed by atoms with Crippen LogP contribution in [-0.2, 0) is 0 Å². The van der Waals surface area contributed by atoms with Gasteiger partial charge in [-0.2, -0.15) is 24.9 Å². The van der Waals surface area contributed by atoms with Crippen molar-refractivity contribution in [2.45, 2.75) is 36.9 Å². The van der Waals surface area contributed by atoms with Crippen molar-refractivity contribution in [1.29, 1.82) is 0 Å². The van der Waals surface area contributed by atoms with Crippen LogP contribution in [0.2, 0.25) is 0 Å². The number of aliphatic hydroxyl groups excluding tert-OH is 1. The summed E-state index contributed by atoms with van der Waals surface area (Å²) < 4.78 is 37.6. The average Bonchev–Trinajstić information content (AvgIpc) is 2.59. The lowest BCUT2D eigenvalue weighted by atomic mass is 10.1. The molecule has 26 heavy (non-hydrogen) atoms. The molecule has 1 aliphatic heterocycles. The number of hydrogen-bond donors (Lipinski definition) is 2. The number of carbonyl (C=O) groups is 1. The number of benzene rings is 1. The third kappa shape index (κ3) is 6.59. The van der Waals surface area contributed by atoms with Gasteiger partial charge in [-0.15, -0.1) is 11.8 Å². The maximum Gasteiger partial charge on any atom is 0.398 e.